The van der Waals surface area contributed by atoms with Crippen molar-refractivity contribution in [3.05, 3.63) is 41.6 Å². The van der Waals surface area contributed by atoms with Gasteiger partial charge in [0.05, 0.1) is 12.0 Å². The molecule has 41 heavy (non-hydrogen) atoms. The number of carbonyl (C=O) groups is 3. The maximum atomic E-state index is 13.7. The summed E-state index contributed by atoms with van der Waals surface area (Å²) >= 11 is 0. The van der Waals surface area contributed by atoms with E-state index in [-0.39, 0.29) is 35.7 Å². The number of piperazine rings is 1. The molecule has 5 aliphatic rings. The van der Waals surface area contributed by atoms with Gasteiger partial charge in [0.25, 0.3) is 5.91 Å². The van der Waals surface area contributed by atoms with Crippen LogP contribution in [0.15, 0.2) is 30.5 Å². The fraction of sp³-hybridized carbons (Fsp3) is 0.594. The molecule has 3 amide bonds. The normalized spacial score (nSPS) is 31.1. The number of amides is 3. The fourth-order valence-electron chi connectivity index (χ4n) is 7.97. The van der Waals surface area contributed by atoms with Crippen molar-refractivity contribution in [2.75, 3.05) is 20.1 Å². The van der Waals surface area contributed by atoms with Gasteiger partial charge in [0, 0.05) is 42.3 Å². The lowest BCUT2D eigenvalue weighted by atomic mass is 9.80. The zero-order valence-corrected chi connectivity index (χ0v) is 24.7. The molecule has 218 valence electrons. The third kappa shape index (κ3) is 4.07. The Morgan fingerprint density at radius 2 is 1.95 bits per heavy atom. The van der Waals surface area contributed by atoms with Crippen molar-refractivity contribution in [1.29, 1.82) is 0 Å². The van der Waals surface area contributed by atoms with Crippen LogP contribution in [0.3, 0.4) is 0 Å². The van der Waals surface area contributed by atoms with Crippen molar-refractivity contribution in [3.8, 4) is 0 Å². The topological polar surface area (TPSA) is 87.1 Å². The number of fused-ring (bicyclic) bond motifs is 5. The lowest BCUT2D eigenvalue weighted by molar-refractivity contribution is -0.164. The second-order valence-corrected chi connectivity index (χ2v) is 13.3. The minimum atomic E-state index is -1.07. The quantitative estimate of drug-likeness (QED) is 0.609. The second-order valence-electron chi connectivity index (χ2n) is 13.3. The Kier molecular flexibility index (Phi) is 6.32. The van der Waals surface area contributed by atoms with Gasteiger partial charge in [-0.2, -0.15) is 0 Å². The van der Waals surface area contributed by atoms with Crippen LogP contribution in [0.25, 0.3) is 16.5 Å². The van der Waals surface area contributed by atoms with Gasteiger partial charge < -0.3 is 19.5 Å². The monoisotopic (exact) mass is 559 g/mol. The number of ether oxygens (including phenoxy) is 1. The highest BCUT2D eigenvalue weighted by atomic mass is 16.6. The van der Waals surface area contributed by atoms with Crippen molar-refractivity contribution in [3.63, 3.8) is 0 Å². The number of benzene rings is 1. The van der Waals surface area contributed by atoms with Crippen LogP contribution in [0.2, 0.25) is 0 Å². The van der Waals surface area contributed by atoms with Crippen LogP contribution >= 0.6 is 0 Å². The van der Waals surface area contributed by atoms with Crippen LogP contribution in [-0.4, -0.2) is 87.7 Å². The Morgan fingerprint density at radius 1 is 1.15 bits per heavy atom. The number of rotatable bonds is 5. The Hall–Kier alpha value is -3.17. The molecule has 7 rings (SSSR count). The molecular weight excluding hydrogens is 518 g/mol. The average Bonchev–Trinajstić information content (AvgIpc) is 3.64. The third-order valence-electron chi connectivity index (χ3n) is 9.84. The van der Waals surface area contributed by atoms with Crippen molar-refractivity contribution in [1.82, 2.24) is 24.6 Å². The maximum absolute atomic E-state index is 13.7. The summed E-state index contributed by atoms with van der Waals surface area (Å²) in [6.07, 6.45) is 6.04. The first-order chi connectivity index (χ1) is 19.6. The van der Waals surface area contributed by atoms with Gasteiger partial charge in [-0.1, -0.05) is 32.1 Å². The number of carbonyl (C=O) groups excluding carboxylic acids is 3. The number of likely N-dealkylation sites (N-methyl/N-ethyl adjacent to an activating group) is 1. The van der Waals surface area contributed by atoms with Gasteiger partial charge in [-0.15, -0.1) is 0 Å². The molecule has 3 fully saturated rings. The Morgan fingerprint density at radius 3 is 2.71 bits per heavy atom. The summed E-state index contributed by atoms with van der Waals surface area (Å²) < 4.78 is 8.62. The number of hydrogen-bond donors (Lipinski definition) is 1. The predicted molar refractivity (Wildman–Crippen MR) is 156 cm³/mol. The van der Waals surface area contributed by atoms with E-state index in [0.717, 1.165) is 19.3 Å². The molecule has 3 saturated heterocycles. The Labute approximate surface area is 241 Å². The second kappa shape index (κ2) is 9.70. The van der Waals surface area contributed by atoms with Crippen LogP contribution in [0.4, 0.5) is 0 Å². The molecule has 5 heterocycles. The summed E-state index contributed by atoms with van der Waals surface area (Å²) in [5.74, 6) is -0.664. The number of hydrogen-bond acceptors (Lipinski definition) is 5. The average molecular weight is 560 g/mol. The van der Waals surface area contributed by atoms with Crippen LogP contribution in [-0.2, 0) is 25.5 Å². The van der Waals surface area contributed by atoms with E-state index in [4.69, 9.17) is 4.74 Å². The van der Waals surface area contributed by atoms with Gasteiger partial charge in [-0.25, -0.2) is 0 Å². The minimum Gasteiger partial charge on any atom is -0.345 e. The van der Waals surface area contributed by atoms with E-state index in [1.54, 1.807) is 4.90 Å². The smallest absolute Gasteiger partial charge is 0.275 e. The molecular formula is C32H41N5O4. The molecule has 1 aromatic heterocycles. The molecule has 0 radical (unpaired) electrons. The largest absolute Gasteiger partial charge is 0.345 e. The molecule has 9 heteroatoms. The lowest BCUT2D eigenvalue weighted by Gasteiger charge is -2.44. The van der Waals surface area contributed by atoms with Crippen LogP contribution in [0.1, 0.15) is 64.1 Å². The highest BCUT2D eigenvalue weighted by molar-refractivity contribution is 6.00. The molecule has 1 aromatic carbocycles. The summed E-state index contributed by atoms with van der Waals surface area (Å²) in [5, 5.41) is 4.23. The Bertz CT molecular complexity index is 1460. The Balaban J connectivity index is 1.16. The van der Waals surface area contributed by atoms with E-state index in [2.05, 4.69) is 80.0 Å². The van der Waals surface area contributed by atoms with Gasteiger partial charge >= 0.3 is 0 Å². The maximum Gasteiger partial charge on any atom is 0.275 e. The zero-order chi connectivity index (χ0) is 28.7. The highest BCUT2D eigenvalue weighted by Crippen LogP contribution is 2.43. The van der Waals surface area contributed by atoms with E-state index in [9.17, 15) is 14.4 Å². The molecule has 6 atom stereocenters. The zero-order valence-electron chi connectivity index (χ0n) is 24.7. The first-order valence-electron chi connectivity index (χ1n) is 15.3. The molecule has 4 aliphatic heterocycles. The molecule has 1 aliphatic carbocycles. The van der Waals surface area contributed by atoms with Crippen LogP contribution in [0.5, 0.6) is 0 Å². The van der Waals surface area contributed by atoms with Crippen molar-refractivity contribution < 1.29 is 19.1 Å². The van der Waals surface area contributed by atoms with Crippen LogP contribution in [0, 0.1) is 11.8 Å². The third-order valence-corrected chi connectivity index (χ3v) is 9.84. The summed E-state index contributed by atoms with van der Waals surface area (Å²) in [4.78, 5) is 46.6. The minimum absolute atomic E-state index is 0.0169. The first-order valence-corrected chi connectivity index (χ1v) is 15.3. The van der Waals surface area contributed by atoms with Crippen LogP contribution < -0.4 is 5.32 Å². The van der Waals surface area contributed by atoms with Gasteiger partial charge in [-0.05, 0) is 75.3 Å². The number of nitrogens with zero attached hydrogens (tertiary/aromatic N) is 4. The van der Waals surface area contributed by atoms with Gasteiger partial charge in [0.1, 0.15) is 6.04 Å². The molecule has 0 saturated carbocycles. The molecule has 1 unspecified atom stereocenters. The van der Waals surface area contributed by atoms with Crippen molar-refractivity contribution >= 4 is 34.2 Å². The number of nitrogens with one attached hydrogen (secondary N) is 1. The molecule has 0 bridgehead atoms. The van der Waals surface area contributed by atoms with Gasteiger partial charge in [0.2, 0.25) is 18.0 Å². The van der Waals surface area contributed by atoms with E-state index >= 15 is 0 Å². The molecule has 0 spiro atoms. The van der Waals surface area contributed by atoms with Gasteiger partial charge in [0.15, 0.2) is 6.23 Å². The summed E-state index contributed by atoms with van der Waals surface area (Å²) in [5.41, 5.74) is 4.96. The van der Waals surface area contributed by atoms with Crippen molar-refractivity contribution in [2.45, 2.75) is 90.0 Å². The SMILES string of the molecule is CC(C)CC1C(=O)N2CCC[C@H]2[C@@H]2O[C@@H](NC(=O)[C@@H]3C=C4c5cccc6c5c(cn6C(C)C)C[C@H]4N(C)C3)C(=O)N12. The summed E-state index contributed by atoms with van der Waals surface area (Å²) in [7, 11) is 2.08. The van der Waals surface area contributed by atoms with E-state index in [0.29, 0.717) is 25.6 Å². The predicted octanol–water partition coefficient (Wildman–Crippen LogP) is 3.14. The molecule has 1 N–H and O–H groups in total. The highest BCUT2D eigenvalue weighted by Gasteiger charge is 2.57. The molecule has 9 nitrogen and oxygen atoms in total. The fourth-order valence-corrected chi connectivity index (χ4v) is 7.97. The first kappa shape index (κ1) is 26.7. The van der Waals surface area contributed by atoms with Crippen molar-refractivity contribution in [2.24, 2.45) is 11.8 Å². The van der Waals surface area contributed by atoms with Gasteiger partial charge in [-0.3, -0.25) is 24.2 Å². The number of aromatic nitrogens is 1. The summed E-state index contributed by atoms with van der Waals surface area (Å²) in [6.45, 7) is 9.80. The van der Waals surface area contributed by atoms with E-state index in [1.807, 2.05) is 4.90 Å². The van der Waals surface area contributed by atoms with E-state index < -0.39 is 24.4 Å². The lowest BCUT2D eigenvalue weighted by Crippen LogP contribution is -2.64. The summed E-state index contributed by atoms with van der Waals surface area (Å²) in [6, 6.07) is 6.34. The van der Waals surface area contributed by atoms with E-state index in [1.165, 1.54) is 27.6 Å². The standard InChI is InChI=1S/C32H41N5O4/c1-17(2)12-26-30(39)35-11-7-10-24(35)32-37(26)31(40)29(41-32)33-28(38)20-13-22-21-8-6-9-23-27(21)19(16-36(23)18(3)4)14-25(22)34(5)15-20/h6,8-9,13,16-18,20,24-26,29,32H,7,10-12,14-15H2,1-5H3,(H,33,38)/t20-,24+,25-,26?,29-,32+/m1/s1. The molecule has 2 aromatic rings.